The Kier molecular flexibility index (Phi) is 5.51. The van der Waals surface area contributed by atoms with E-state index in [-0.39, 0.29) is 23.7 Å². The van der Waals surface area contributed by atoms with E-state index in [2.05, 4.69) is 10.2 Å². The Morgan fingerprint density at radius 1 is 1.26 bits per heavy atom. The number of nitrogens with zero attached hydrogens (tertiary/aromatic N) is 3. The van der Waals surface area contributed by atoms with E-state index in [0.29, 0.717) is 10.8 Å². The summed E-state index contributed by atoms with van der Waals surface area (Å²) in [5, 5.41) is 18.9. The fourth-order valence-electron chi connectivity index (χ4n) is 2.38. The molecule has 0 aliphatic heterocycles. The number of hydrogen-bond acceptors (Lipinski definition) is 8. The van der Waals surface area contributed by atoms with Gasteiger partial charge in [0, 0.05) is 11.6 Å². The first kappa shape index (κ1) is 18.6. The van der Waals surface area contributed by atoms with Crippen LogP contribution in [0.15, 0.2) is 51.8 Å². The molecule has 0 aliphatic carbocycles. The zero-order valence-corrected chi connectivity index (χ0v) is 15.4. The number of nitro groups is 1. The molecule has 1 aromatic heterocycles. The zero-order chi connectivity index (χ0) is 19.4. The maximum Gasteiger partial charge on any atom is 0.338 e. The minimum Gasteiger partial charge on any atom is -0.452 e. The van der Waals surface area contributed by atoms with Gasteiger partial charge in [0.15, 0.2) is 6.61 Å². The van der Waals surface area contributed by atoms with Crippen molar-refractivity contribution in [2.45, 2.75) is 18.4 Å². The Hall–Kier alpha value is -3.20. The second-order valence-electron chi connectivity index (χ2n) is 5.59. The van der Waals surface area contributed by atoms with E-state index in [1.165, 1.54) is 30.0 Å². The van der Waals surface area contributed by atoms with Crippen LogP contribution in [0, 0.1) is 17.0 Å². The molecule has 0 spiro atoms. The van der Waals surface area contributed by atoms with Gasteiger partial charge in [0.25, 0.3) is 11.6 Å². The van der Waals surface area contributed by atoms with Gasteiger partial charge in [0.2, 0.25) is 5.89 Å². The molecule has 9 heteroatoms. The number of thioether (sulfide) groups is 1. The molecule has 0 bridgehead atoms. The molecule has 0 saturated heterocycles. The van der Waals surface area contributed by atoms with Gasteiger partial charge in [-0.15, -0.1) is 22.0 Å². The molecular formula is C18H15N3O5S. The first-order chi connectivity index (χ1) is 13.0. The third kappa shape index (κ3) is 4.32. The lowest BCUT2D eigenvalue weighted by Gasteiger charge is -2.04. The topological polar surface area (TPSA) is 108 Å². The van der Waals surface area contributed by atoms with Crippen LogP contribution >= 0.6 is 11.8 Å². The van der Waals surface area contributed by atoms with E-state index in [0.717, 1.165) is 11.1 Å². The zero-order valence-electron chi connectivity index (χ0n) is 14.5. The molecular weight excluding hydrogens is 370 g/mol. The number of nitro benzene ring substituents is 1. The Morgan fingerprint density at radius 2 is 2.07 bits per heavy atom. The molecule has 0 saturated carbocycles. The number of carbonyl (C=O) groups is 1. The van der Waals surface area contributed by atoms with Gasteiger partial charge in [0.1, 0.15) is 0 Å². The predicted octanol–water partition coefficient (Wildman–Crippen LogP) is 4.03. The molecule has 1 heterocycles. The van der Waals surface area contributed by atoms with Crippen molar-refractivity contribution in [3.05, 3.63) is 69.6 Å². The molecule has 2 aromatic carbocycles. The minimum absolute atomic E-state index is 0.0814. The molecule has 0 N–H and O–H groups in total. The largest absolute Gasteiger partial charge is 0.452 e. The molecule has 27 heavy (non-hydrogen) atoms. The number of carbonyl (C=O) groups excluding carboxylic acids is 1. The van der Waals surface area contributed by atoms with Crippen LogP contribution in [-0.2, 0) is 11.3 Å². The van der Waals surface area contributed by atoms with Crippen molar-refractivity contribution in [3.8, 4) is 11.5 Å². The summed E-state index contributed by atoms with van der Waals surface area (Å²) in [6.07, 6.45) is 1.72. The van der Waals surface area contributed by atoms with Crippen LogP contribution in [0.5, 0.6) is 0 Å². The van der Waals surface area contributed by atoms with Crippen LogP contribution in [-0.4, -0.2) is 27.3 Å². The highest BCUT2D eigenvalue weighted by Crippen LogP contribution is 2.28. The standard InChI is InChI=1S/C18H15N3O5S/c1-11-4-3-5-12(8-11)17-20-19-16(26-17)10-25-18(22)13-6-7-15(27-2)14(9-13)21(23)24/h3-9H,10H2,1-2H3. The SMILES string of the molecule is CSc1ccc(C(=O)OCc2nnc(-c3cccc(C)c3)o2)cc1[N+](=O)[O-]. The Labute approximate surface area is 158 Å². The van der Waals surface area contributed by atoms with E-state index in [1.54, 1.807) is 6.26 Å². The lowest BCUT2D eigenvalue weighted by atomic mass is 10.1. The highest BCUT2D eigenvalue weighted by atomic mass is 32.2. The number of hydrogen-bond donors (Lipinski definition) is 0. The average Bonchev–Trinajstić information content (AvgIpc) is 3.14. The first-order valence-corrected chi connectivity index (χ1v) is 9.09. The number of esters is 1. The fraction of sp³-hybridized carbons (Fsp3) is 0.167. The van der Waals surface area contributed by atoms with Crippen LogP contribution in [0.1, 0.15) is 21.8 Å². The predicted molar refractivity (Wildman–Crippen MR) is 98.5 cm³/mol. The first-order valence-electron chi connectivity index (χ1n) is 7.87. The summed E-state index contributed by atoms with van der Waals surface area (Å²) in [4.78, 5) is 23.2. The molecule has 0 amide bonds. The molecule has 0 unspecified atom stereocenters. The number of aromatic nitrogens is 2. The highest BCUT2D eigenvalue weighted by Gasteiger charge is 2.19. The van der Waals surface area contributed by atoms with Gasteiger partial charge < -0.3 is 9.15 Å². The molecule has 3 rings (SSSR count). The van der Waals surface area contributed by atoms with Gasteiger partial charge in [-0.05, 0) is 37.4 Å². The fourth-order valence-corrected chi connectivity index (χ4v) is 2.92. The maximum atomic E-state index is 12.2. The lowest BCUT2D eigenvalue weighted by Crippen LogP contribution is -2.06. The van der Waals surface area contributed by atoms with Crippen LogP contribution in [0.25, 0.3) is 11.5 Å². The molecule has 0 atom stereocenters. The van der Waals surface area contributed by atoms with E-state index < -0.39 is 10.9 Å². The molecule has 8 nitrogen and oxygen atoms in total. The van der Waals surface area contributed by atoms with Crippen molar-refractivity contribution in [1.82, 2.24) is 10.2 Å². The quantitative estimate of drug-likeness (QED) is 0.271. The third-order valence-electron chi connectivity index (χ3n) is 3.67. The summed E-state index contributed by atoms with van der Waals surface area (Å²) >= 11 is 1.23. The van der Waals surface area contributed by atoms with Gasteiger partial charge in [-0.1, -0.05) is 17.7 Å². The van der Waals surface area contributed by atoms with Crippen LogP contribution in [0.4, 0.5) is 5.69 Å². The van der Waals surface area contributed by atoms with Crippen molar-refractivity contribution < 1.29 is 18.9 Å². The van der Waals surface area contributed by atoms with Gasteiger partial charge in [-0.25, -0.2) is 4.79 Å². The molecule has 0 fully saturated rings. The summed E-state index contributed by atoms with van der Waals surface area (Å²) < 4.78 is 10.6. The van der Waals surface area contributed by atoms with Crippen LogP contribution in [0.3, 0.4) is 0 Å². The van der Waals surface area contributed by atoms with Crippen molar-refractivity contribution in [2.24, 2.45) is 0 Å². The van der Waals surface area contributed by atoms with Crippen LogP contribution < -0.4 is 0 Å². The number of benzene rings is 2. The van der Waals surface area contributed by atoms with Crippen molar-refractivity contribution >= 4 is 23.4 Å². The Morgan fingerprint density at radius 3 is 2.78 bits per heavy atom. The second kappa shape index (κ2) is 8.00. The lowest BCUT2D eigenvalue weighted by molar-refractivity contribution is -0.387. The molecule has 0 radical (unpaired) electrons. The van der Waals surface area contributed by atoms with Gasteiger partial charge in [0.05, 0.1) is 15.4 Å². The highest BCUT2D eigenvalue weighted by molar-refractivity contribution is 7.98. The summed E-state index contributed by atoms with van der Waals surface area (Å²) in [5.74, 6) is -0.249. The Balaban J connectivity index is 1.69. The third-order valence-corrected chi connectivity index (χ3v) is 4.45. The van der Waals surface area contributed by atoms with Crippen LogP contribution in [0.2, 0.25) is 0 Å². The Bertz CT molecular complexity index is 1000. The van der Waals surface area contributed by atoms with E-state index in [9.17, 15) is 14.9 Å². The van der Waals surface area contributed by atoms with Gasteiger partial charge in [-0.2, -0.15) is 0 Å². The molecule has 3 aromatic rings. The van der Waals surface area contributed by atoms with E-state index >= 15 is 0 Å². The minimum atomic E-state index is -0.707. The summed E-state index contributed by atoms with van der Waals surface area (Å²) in [6, 6.07) is 11.7. The molecule has 0 aliphatic rings. The summed E-state index contributed by atoms with van der Waals surface area (Å²) in [7, 11) is 0. The summed E-state index contributed by atoms with van der Waals surface area (Å²) in [5.41, 5.74) is 1.76. The number of aryl methyl sites for hydroxylation is 1. The summed E-state index contributed by atoms with van der Waals surface area (Å²) in [6.45, 7) is 1.72. The number of rotatable bonds is 6. The van der Waals surface area contributed by atoms with E-state index in [1.807, 2.05) is 31.2 Å². The normalized spacial score (nSPS) is 10.6. The van der Waals surface area contributed by atoms with Gasteiger partial charge >= 0.3 is 5.97 Å². The van der Waals surface area contributed by atoms with Crippen molar-refractivity contribution in [2.75, 3.05) is 6.26 Å². The van der Waals surface area contributed by atoms with Gasteiger partial charge in [-0.3, -0.25) is 10.1 Å². The van der Waals surface area contributed by atoms with Crippen molar-refractivity contribution in [1.29, 1.82) is 0 Å². The smallest absolute Gasteiger partial charge is 0.338 e. The van der Waals surface area contributed by atoms with E-state index in [4.69, 9.17) is 9.15 Å². The molecule has 138 valence electrons. The average molecular weight is 385 g/mol. The van der Waals surface area contributed by atoms with Crippen molar-refractivity contribution in [3.63, 3.8) is 0 Å². The monoisotopic (exact) mass is 385 g/mol. The second-order valence-corrected chi connectivity index (χ2v) is 6.44. The number of ether oxygens (including phenoxy) is 1. The maximum absolute atomic E-state index is 12.2.